The molecule has 3 unspecified atom stereocenters. The Hall–Kier alpha value is -5.55. The van der Waals surface area contributed by atoms with Crippen molar-refractivity contribution in [3.8, 4) is 11.5 Å². The van der Waals surface area contributed by atoms with Crippen LogP contribution in [-0.4, -0.2) is 110 Å². The minimum absolute atomic E-state index is 0.0897. The molecule has 7 heterocycles. The van der Waals surface area contributed by atoms with Crippen LogP contribution in [0, 0.1) is 5.92 Å². The van der Waals surface area contributed by atoms with Crippen LogP contribution < -0.4 is 26.2 Å². The maximum absolute atomic E-state index is 13.2. The highest BCUT2D eigenvalue weighted by Gasteiger charge is 2.40. The van der Waals surface area contributed by atoms with Crippen LogP contribution in [-0.2, 0) is 22.6 Å². The molecule has 18 heteroatoms. The topological polar surface area (TPSA) is 196 Å². The molecule has 1 saturated carbocycles. The molecule has 5 amide bonds. The minimum Gasteiger partial charge on any atom is -0.369 e. The molecule has 0 bridgehead atoms. The second kappa shape index (κ2) is 18.2. The predicted molar refractivity (Wildman–Crippen MR) is 228 cm³/mol. The smallest absolute Gasteiger partial charge is 0.319 e. The first-order chi connectivity index (χ1) is 29.8. The van der Waals surface area contributed by atoms with Crippen LogP contribution >= 0.6 is 11.6 Å². The molecule has 61 heavy (non-hydrogen) atoms. The number of piperazine rings is 1. The van der Waals surface area contributed by atoms with Crippen molar-refractivity contribution in [1.82, 2.24) is 45.3 Å². The van der Waals surface area contributed by atoms with E-state index in [0.29, 0.717) is 65.5 Å². The van der Waals surface area contributed by atoms with Crippen molar-refractivity contribution < 1.29 is 23.7 Å². The third kappa shape index (κ3) is 9.08. The van der Waals surface area contributed by atoms with Gasteiger partial charge in [-0.15, -0.1) is 0 Å². The molecule has 0 spiro atoms. The minimum atomic E-state index is -0.604. The quantitative estimate of drug-likeness (QED) is 0.0989. The Labute approximate surface area is 359 Å². The van der Waals surface area contributed by atoms with Gasteiger partial charge in [0.2, 0.25) is 23.5 Å². The second-order valence-electron chi connectivity index (χ2n) is 16.9. The molecule has 4 aliphatic heterocycles. The number of imide groups is 1. The van der Waals surface area contributed by atoms with Crippen molar-refractivity contribution in [1.29, 1.82) is 0 Å². The Morgan fingerprint density at radius 3 is 2.62 bits per heavy atom. The average molecular weight is 853 g/mol. The number of benzene rings is 1. The number of unbranched alkanes of at least 4 members (excludes halogenated alkanes) is 3. The number of nitrogens with one attached hydrogen (secondary N) is 4. The van der Waals surface area contributed by atoms with Crippen LogP contribution in [0.3, 0.4) is 0 Å². The Bertz CT molecular complexity index is 2250. The van der Waals surface area contributed by atoms with Gasteiger partial charge in [0.25, 0.3) is 5.91 Å². The van der Waals surface area contributed by atoms with Gasteiger partial charge in [0.15, 0.2) is 0 Å². The summed E-state index contributed by atoms with van der Waals surface area (Å²) in [6, 6.07) is 8.64. The first-order valence-electron chi connectivity index (χ1n) is 21.9. The third-order valence-corrected chi connectivity index (χ3v) is 13.2. The van der Waals surface area contributed by atoms with Crippen LogP contribution in [0.5, 0.6) is 0 Å². The van der Waals surface area contributed by atoms with Gasteiger partial charge in [-0.05, 0) is 74.4 Å². The molecule has 322 valence electrons. The molecule has 1 aromatic carbocycles. The van der Waals surface area contributed by atoms with Crippen LogP contribution in [0.15, 0.2) is 47.2 Å². The maximum Gasteiger partial charge on any atom is 0.319 e. The van der Waals surface area contributed by atoms with E-state index in [2.05, 4.69) is 57.4 Å². The molecule has 1 aliphatic carbocycles. The lowest BCUT2D eigenvalue weighted by Crippen LogP contribution is -2.52. The zero-order valence-electron chi connectivity index (χ0n) is 34.3. The molecule has 2 saturated heterocycles. The number of piperidine rings is 1. The van der Waals surface area contributed by atoms with E-state index in [9.17, 15) is 19.2 Å². The highest BCUT2D eigenvalue weighted by atomic mass is 35.5. The number of nitrogens with zero attached hydrogens (tertiary/aromatic N) is 8. The van der Waals surface area contributed by atoms with Crippen LogP contribution in [0.1, 0.15) is 98.5 Å². The Balaban J connectivity index is 0.680. The fourth-order valence-electron chi connectivity index (χ4n) is 9.75. The number of anilines is 3. The summed E-state index contributed by atoms with van der Waals surface area (Å²) in [4.78, 5) is 65.8. The van der Waals surface area contributed by atoms with Gasteiger partial charge in [0, 0.05) is 69.4 Å². The zero-order valence-corrected chi connectivity index (χ0v) is 35.0. The second-order valence-corrected chi connectivity index (χ2v) is 17.3. The Morgan fingerprint density at radius 1 is 0.967 bits per heavy atom. The Morgan fingerprint density at radius 2 is 1.80 bits per heavy atom. The molecule has 4 aromatic rings. The zero-order chi connectivity index (χ0) is 41.9. The molecule has 4 N–H and O–H groups in total. The molecule has 0 radical (unpaired) electrons. The van der Waals surface area contributed by atoms with Crippen LogP contribution in [0.25, 0.3) is 11.5 Å². The number of rotatable bonds is 13. The summed E-state index contributed by atoms with van der Waals surface area (Å²) in [7, 11) is 0. The summed E-state index contributed by atoms with van der Waals surface area (Å²) in [5.74, 6) is 1.49. The van der Waals surface area contributed by atoms with Crippen molar-refractivity contribution in [3.63, 3.8) is 0 Å². The first-order valence-corrected chi connectivity index (χ1v) is 22.2. The van der Waals surface area contributed by atoms with E-state index in [-0.39, 0.29) is 42.3 Å². The number of fused-ring (bicyclic) bond motifs is 2. The number of aryl methyl sites for hydroxylation is 1. The largest absolute Gasteiger partial charge is 0.369 e. The van der Waals surface area contributed by atoms with Crippen LogP contribution in [0.4, 0.5) is 22.0 Å². The predicted octanol–water partition coefficient (Wildman–Crippen LogP) is 5.40. The number of aromatic nitrogens is 5. The van der Waals surface area contributed by atoms with Crippen molar-refractivity contribution in [2.45, 2.75) is 102 Å². The van der Waals surface area contributed by atoms with Gasteiger partial charge in [0.1, 0.15) is 17.6 Å². The van der Waals surface area contributed by atoms with Crippen molar-refractivity contribution in [2.24, 2.45) is 5.92 Å². The fourth-order valence-corrected chi connectivity index (χ4v) is 10.0. The number of carbonyl (C=O) groups excluding carboxylic acids is 4. The number of amides is 5. The lowest BCUT2D eigenvalue weighted by Gasteiger charge is -2.40. The van der Waals surface area contributed by atoms with E-state index in [4.69, 9.17) is 16.1 Å². The standard InChI is InChI=1S/C43H53ClN12O5/c44-32-23-29(48-43(60)49-33-25-45-35-15-16-47-56(35)39(33)27-8-4-3-5-9-27)24-46-38(32)40-51-37(61-52-40)10-6-1-2-7-17-53-18-20-54(21-19-53)30-11-12-31-28(22-30)26-55(42(31)59)34-13-14-36(57)50-41(34)58/h11-12,15-16,22-24,27,33-34,39,45H,1-10,13-14,17-21,25-26H2,(H2,48,49,60)(H,50,57,58). The summed E-state index contributed by atoms with van der Waals surface area (Å²) in [6.45, 7) is 5.80. The van der Waals surface area contributed by atoms with E-state index in [1.165, 1.54) is 19.3 Å². The SMILES string of the molecule is O=C1CCC(N2Cc3cc(N4CCN(CCCCCCc5nc(-c6ncc(NC(=O)NC7CNc8ccnn8C7C7CCCCC7)cc6Cl)no5)CC4)ccc3C2=O)C(=O)N1. The summed E-state index contributed by atoms with van der Waals surface area (Å²) in [5.41, 5.74) is 3.53. The third-order valence-electron chi connectivity index (χ3n) is 13.0. The van der Waals surface area contributed by atoms with Gasteiger partial charge < -0.3 is 30.3 Å². The first kappa shape index (κ1) is 40.8. The number of halogens is 1. The molecular formula is C43H53ClN12O5. The summed E-state index contributed by atoms with van der Waals surface area (Å²) in [5, 5.41) is 20.9. The number of hydrogen-bond donors (Lipinski definition) is 4. The summed E-state index contributed by atoms with van der Waals surface area (Å²) >= 11 is 6.63. The number of pyridine rings is 1. The molecule has 3 fully saturated rings. The summed E-state index contributed by atoms with van der Waals surface area (Å²) in [6.07, 6.45) is 14.7. The molecule has 5 aliphatic rings. The number of hydrogen-bond acceptors (Lipinski definition) is 12. The average Bonchev–Trinajstić information content (AvgIpc) is 4.02. The van der Waals surface area contributed by atoms with E-state index < -0.39 is 6.04 Å². The molecule has 3 atom stereocenters. The summed E-state index contributed by atoms with van der Waals surface area (Å²) < 4.78 is 7.58. The van der Waals surface area contributed by atoms with Gasteiger partial charge in [-0.1, -0.05) is 48.9 Å². The van der Waals surface area contributed by atoms with Gasteiger partial charge in [-0.25, -0.2) is 14.5 Å². The van der Waals surface area contributed by atoms with E-state index in [0.717, 1.165) is 88.3 Å². The van der Waals surface area contributed by atoms with E-state index >= 15 is 0 Å². The molecule has 17 nitrogen and oxygen atoms in total. The normalized spacial score (nSPS) is 22.1. The van der Waals surface area contributed by atoms with Crippen molar-refractivity contribution >= 4 is 52.5 Å². The van der Waals surface area contributed by atoms with Crippen molar-refractivity contribution in [2.75, 3.05) is 54.8 Å². The highest BCUT2D eigenvalue weighted by molar-refractivity contribution is 6.33. The number of carbonyl (C=O) groups is 4. The number of urea groups is 1. The van der Waals surface area contributed by atoms with Gasteiger partial charge in [-0.2, -0.15) is 10.1 Å². The lowest BCUT2D eigenvalue weighted by molar-refractivity contribution is -0.136. The van der Waals surface area contributed by atoms with Gasteiger partial charge in [0.05, 0.1) is 35.2 Å². The van der Waals surface area contributed by atoms with Gasteiger partial charge in [-0.3, -0.25) is 24.6 Å². The highest BCUT2D eigenvalue weighted by Crippen LogP contribution is 2.38. The van der Waals surface area contributed by atoms with E-state index in [1.54, 1.807) is 17.2 Å². The molecule has 9 rings (SSSR count). The van der Waals surface area contributed by atoms with Crippen molar-refractivity contribution in [3.05, 3.63) is 64.8 Å². The molecular weight excluding hydrogens is 800 g/mol. The maximum atomic E-state index is 13.2. The fraction of sp³-hybridized carbons (Fsp3) is 0.535. The monoisotopic (exact) mass is 852 g/mol. The Kier molecular flexibility index (Phi) is 12.2. The van der Waals surface area contributed by atoms with E-state index in [1.807, 2.05) is 29.1 Å². The van der Waals surface area contributed by atoms with Gasteiger partial charge >= 0.3 is 6.03 Å². The lowest BCUT2D eigenvalue weighted by atomic mass is 9.80. The van der Waals surface area contributed by atoms with Crippen LogP contribution in [0.2, 0.25) is 5.02 Å². The molecule has 3 aromatic heterocycles.